The second-order valence-corrected chi connectivity index (χ2v) is 7.52. The molecule has 7 unspecified atom stereocenters. The SMILES string of the molecule is CCC(OC(=O)C(Cl)CC)OC1C2CC3CC(C2)C(=O)OC1C3. The van der Waals surface area contributed by atoms with Gasteiger partial charge in [-0.2, -0.15) is 0 Å². The second-order valence-electron chi connectivity index (χ2n) is 6.99. The zero-order valence-corrected chi connectivity index (χ0v) is 14.5. The molecule has 2 saturated heterocycles. The number of carbonyl (C=O) groups excluding carboxylic acids is 2. The molecular weight excluding hydrogens is 320 g/mol. The zero-order chi connectivity index (χ0) is 16.6. The van der Waals surface area contributed by atoms with E-state index in [1.807, 2.05) is 13.8 Å². The van der Waals surface area contributed by atoms with E-state index in [1.54, 1.807) is 0 Å². The molecule has 4 rings (SSSR count). The van der Waals surface area contributed by atoms with Crippen molar-refractivity contribution >= 4 is 23.5 Å². The van der Waals surface area contributed by atoms with Gasteiger partial charge >= 0.3 is 11.9 Å². The van der Waals surface area contributed by atoms with E-state index in [9.17, 15) is 9.59 Å². The summed E-state index contributed by atoms with van der Waals surface area (Å²) in [6, 6.07) is 0. The van der Waals surface area contributed by atoms with Crippen LogP contribution in [0.3, 0.4) is 0 Å². The summed E-state index contributed by atoms with van der Waals surface area (Å²) in [4.78, 5) is 24.0. The minimum Gasteiger partial charge on any atom is -0.459 e. The van der Waals surface area contributed by atoms with Gasteiger partial charge in [0.1, 0.15) is 17.6 Å². The van der Waals surface area contributed by atoms with Crippen molar-refractivity contribution in [1.29, 1.82) is 0 Å². The first-order valence-corrected chi connectivity index (χ1v) is 9.15. The van der Waals surface area contributed by atoms with Gasteiger partial charge in [-0.1, -0.05) is 13.8 Å². The van der Waals surface area contributed by atoms with Crippen molar-refractivity contribution < 1.29 is 23.8 Å². The third-order valence-electron chi connectivity index (χ3n) is 5.34. The molecule has 0 amide bonds. The highest BCUT2D eigenvalue weighted by Gasteiger charge is 2.51. The van der Waals surface area contributed by atoms with Crippen molar-refractivity contribution in [2.24, 2.45) is 17.8 Å². The topological polar surface area (TPSA) is 61.8 Å². The van der Waals surface area contributed by atoms with E-state index in [-0.39, 0.29) is 24.1 Å². The van der Waals surface area contributed by atoms with Crippen LogP contribution < -0.4 is 0 Å². The first-order valence-electron chi connectivity index (χ1n) is 8.72. The maximum absolute atomic E-state index is 12.1. The number of hydrogen-bond acceptors (Lipinski definition) is 5. The molecule has 0 spiro atoms. The molecule has 7 atom stereocenters. The van der Waals surface area contributed by atoms with Gasteiger partial charge in [0.25, 0.3) is 0 Å². The summed E-state index contributed by atoms with van der Waals surface area (Å²) in [6.07, 6.45) is 3.78. The van der Waals surface area contributed by atoms with E-state index in [4.69, 9.17) is 25.8 Å². The Labute approximate surface area is 142 Å². The fourth-order valence-corrected chi connectivity index (χ4v) is 4.27. The third kappa shape index (κ3) is 3.50. The number of hydrogen-bond donors (Lipinski definition) is 0. The molecule has 23 heavy (non-hydrogen) atoms. The normalized spacial score (nSPS) is 37.9. The molecule has 0 radical (unpaired) electrons. The molecule has 130 valence electrons. The van der Waals surface area contributed by atoms with E-state index < -0.39 is 17.6 Å². The van der Waals surface area contributed by atoms with Gasteiger partial charge in [0.15, 0.2) is 0 Å². The average molecular weight is 345 g/mol. The quantitative estimate of drug-likeness (QED) is 0.421. The Morgan fingerprint density at radius 2 is 2.04 bits per heavy atom. The summed E-state index contributed by atoms with van der Waals surface area (Å²) < 4.78 is 17.1. The van der Waals surface area contributed by atoms with Crippen molar-refractivity contribution in [2.45, 2.75) is 76.2 Å². The lowest BCUT2D eigenvalue weighted by molar-refractivity contribution is -0.220. The van der Waals surface area contributed by atoms with Crippen molar-refractivity contribution in [3.8, 4) is 0 Å². The Morgan fingerprint density at radius 1 is 1.26 bits per heavy atom. The molecule has 4 bridgehead atoms. The fraction of sp³-hybridized carbons (Fsp3) is 0.882. The highest BCUT2D eigenvalue weighted by molar-refractivity contribution is 6.29. The summed E-state index contributed by atoms with van der Waals surface area (Å²) in [7, 11) is 0. The van der Waals surface area contributed by atoms with E-state index in [1.165, 1.54) is 0 Å². The Bertz CT molecular complexity index is 468. The minimum atomic E-state index is -0.647. The largest absolute Gasteiger partial charge is 0.459 e. The van der Waals surface area contributed by atoms with Crippen molar-refractivity contribution in [1.82, 2.24) is 0 Å². The minimum absolute atomic E-state index is 0.0206. The molecule has 2 aliphatic carbocycles. The number of rotatable bonds is 6. The number of halogens is 1. The second kappa shape index (κ2) is 6.98. The highest BCUT2D eigenvalue weighted by Crippen LogP contribution is 2.48. The van der Waals surface area contributed by atoms with Crippen LogP contribution in [0.1, 0.15) is 52.4 Å². The maximum Gasteiger partial charge on any atom is 0.326 e. The molecule has 0 aromatic heterocycles. The molecule has 2 saturated carbocycles. The van der Waals surface area contributed by atoms with Crippen LogP contribution in [-0.4, -0.2) is 35.8 Å². The Hall–Kier alpha value is -0.810. The zero-order valence-electron chi connectivity index (χ0n) is 13.7. The van der Waals surface area contributed by atoms with Gasteiger partial charge in [0.2, 0.25) is 6.29 Å². The maximum atomic E-state index is 12.1. The summed E-state index contributed by atoms with van der Waals surface area (Å²) in [5.74, 6) is 0.372. The Morgan fingerprint density at radius 3 is 2.74 bits per heavy atom. The number of alkyl halides is 1. The van der Waals surface area contributed by atoms with Gasteiger partial charge in [-0.25, -0.2) is 0 Å². The van der Waals surface area contributed by atoms with Gasteiger partial charge in [-0.3, -0.25) is 9.59 Å². The molecule has 0 aromatic carbocycles. The summed E-state index contributed by atoms with van der Waals surface area (Å²) in [5, 5.41) is -0.647. The summed E-state index contributed by atoms with van der Waals surface area (Å²) in [5.41, 5.74) is 0. The smallest absolute Gasteiger partial charge is 0.326 e. The molecule has 5 nitrogen and oxygen atoms in total. The van der Waals surface area contributed by atoms with Crippen LogP contribution in [0.25, 0.3) is 0 Å². The molecule has 2 heterocycles. The monoisotopic (exact) mass is 344 g/mol. The average Bonchev–Trinajstić information content (AvgIpc) is 2.70. The molecule has 6 heteroatoms. The Balaban J connectivity index is 1.66. The lowest BCUT2D eigenvalue weighted by atomic mass is 9.67. The highest BCUT2D eigenvalue weighted by atomic mass is 35.5. The van der Waals surface area contributed by atoms with Crippen molar-refractivity contribution in [3.05, 3.63) is 0 Å². The molecular formula is C17H25ClO5. The van der Waals surface area contributed by atoms with E-state index >= 15 is 0 Å². The predicted octanol–water partition coefficient (Wildman–Crippen LogP) is 3.03. The van der Waals surface area contributed by atoms with Gasteiger partial charge < -0.3 is 14.2 Å². The molecule has 0 N–H and O–H groups in total. The van der Waals surface area contributed by atoms with Crippen LogP contribution in [0.4, 0.5) is 0 Å². The number of ether oxygens (including phenoxy) is 3. The third-order valence-corrected chi connectivity index (χ3v) is 5.83. The number of carbonyl (C=O) groups is 2. The van der Waals surface area contributed by atoms with Crippen LogP contribution >= 0.6 is 11.6 Å². The van der Waals surface area contributed by atoms with Crippen LogP contribution in [-0.2, 0) is 23.8 Å². The fourth-order valence-electron chi connectivity index (χ4n) is 4.22. The molecule has 4 fully saturated rings. The van der Waals surface area contributed by atoms with Crippen molar-refractivity contribution in [3.63, 3.8) is 0 Å². The van der Waals surface area contributed by atoms with Gasteiger partial charge in [0, 0.05) is 6.42 Å². The summed E-state index contributed by atoms with van der Waals surface area (Å²) >= 11 is 5.93. The first-order chi connectivity index (χ1) is 11.0. The number of esters is 2. The van der Waals surface area contributed by atoms with Crippen LogP contribution in [0.5, 0.6) is 0 Å². The van der Waals surface area contributed by atoms with Crippen LogP contribution in [0.2, 0.25) is 0 Å². The van der Waals surface area contributed by atoms with Crippen LogP contribution in [0.15, 0.2) is 0 Å². The molecule has 0 aromatic rings. The summed E-state index contributed by atoms with van der Waals surface area (Å²) in [6.45, 7) is 3.74. The number of fused-ring (bicyclic) bond motifs is 1. The van der Waals surface area contributed by atoms with E-state index in [2.05, 4.69) is 0 Å². The van der Waals surface area contributed by atoms with E-state index in [0.717, 1.165) is 25.7 Å². The lowest BCUT2D eigenvalue weighted by Crippen LogP contribution is -2.46. The van der Waals surface area contributed by atoms with Crippen LogP contribution in [0, 0.1) is 17.8 Å². The standard InChI is InChI=1S/C17H25ClO5/c1-3-12(18)17(20)23-14(4-2)22-15-10-5-9-6-11(8-10)16(19)21-13(15)7-9/h9-15H,3-8H2,1-2H3. The molecule has 4 aliphatic rings. The van der Waals surface area contributed by atoms with Gasteiger partial charge in [0.05, 0.1) is 5.92 Å². The first kappa shape index (κ1) is 17.0. The van der Waals surface area contributed by atoms with Gasteiger partial charge in [-0.15, -0.1) is 11.6 Å². The van der Waals surface area contributed by atoms with Crippen molar-refractivity contribution in [2.75, 3.05) is 0 Å². The Kier molecular flexibility index (Phi) is 5.16. The predicted molar refractivity (Wildman–Crippen MR) is 83.8 cm³/mol. The lowest BCUT2D eigenvalue weighted by Gasteiger charge is -2.42. The van der Waals surface area contributed by atoms with Gasteiger partial charge in [-0.05, 0) is 43.9 Å². The van der Waals surface area contributed by atoms with E-state index in [0.29, 0.717) is 24.7 Å². The molecule has 2 aliphatic heterocycles.